The van der Waals surface area contributed by atoms with Crippen LogP contribution in [0, 0.1) is 0 Å². The third-order valence-corrected chi connectivity index (χ3v) is 3.29. The number of carbonyl (C=O) groups excluding carboxylic acids is 1. The van der Waals surface area contributed by atoms with E-state index in [4.69, 9.17) is 10.5 Å². The molecular formula is C14H22N2O2S. The Morgan fingerprint density at radius 3 is 3.00 bits per heavy atom. The Morgan fingerprint density at radius 1 is 1.53 bits per heavy atom. The van der Waals surface area contributed by atoms with E-state index in [1.54, 1.807) is 11.8 Å². The zero-order chi connectivity index (χ0) is 14.1. The second kappa shape index (κ2) is 8.82. The summed E-state index contributed by atoms with van der Waals surface area (Å²) in [4.78, 5) is 11.8. The van der Waals surface area contributed by atoms with Crippen molar-refractivity contribution in [2.45, 2.75) is 25.9 Å². The van der Waals surface area contributed by atoms with Crippen LogP contribution in [-0.4, -0.2) is 30.6 Å². The smallest absolute Gasteiger partial charge is 0.237 e. The van der Waals surface area contributed by atoms with Crippen molar-refractivity contribution in [1.29, 1.82) is 0 Å². The fourth-order valence-corrected chi connectivity index (χ4v) is 2.10. The summed E-state index contributed by atoms with van der Waals surface area (Å²) in [7, 11) is 0. The summed E-state index contributed by atoms with van der Waals surface area (Å²) >= 11 is 1.69. The van der Waals surface area contributed by atoms with E-state index in [1.807, 2.05) is 37.4 Å². The number of hydrogen-bond donors (Lipinski definition) is 2. The topological polar surface area (TPSA) is 64.3 Å². The molecular weight excluding hydrogens is 260 g/mol. The summed E-state index contributed by atoms with van der Waals surface area (Å²) in [5.41, 5.74) is 6.81. The molecule has 1 atom stereocenters. The average molecular weight is 282 g/mol. The molecule has 0 radical (unpaired) electrons. The van der Waals surface area contributed by atoms with Gasteiger partial charge in [-0.15, -0.1) is 0 Å². The van der Waals surface area contributed by atoms with E-state index in [9.17, 15) is 4.79 Å². The summed E-state index contributed by atoms with van der Waals surface area (Å²) in [5.74, 6) is 1.62. The van der Waals surface area contributed by atoms with Crippen LogP contribution in [0.3, 0.4) is 0 Å². The Kier molecular flexibility index (Phi) is 7.36. The van der Waals surface area contributed by atoms with E-state index in [1.165, 1.54) is 0 Å². The highest BCUT2D eigenvalue weighted by Gasteiger charge is 2.12. The van der Waals surface area contributed by atoms with Crippen molar-refractivity contribution in [2.24, 2.45) is 5.73 Å². The van der Waals surface area contributed by atoms with Gasteiger partial charge in [-0.05, 0) is 43.0 Å². The molecule has 0 heterocycles. The number of ether oxygens (including phenoxy) is 1. The van der Waals surface area contributed by atoms with E-state index in [-0.39, 0.29) is 5.91 Å². The molecule has 4 nitrogen and oxygen atoms in total. The molecule has 1 aromatic carbocycles. The fourth-order valence-electron chi connectivity index (χ4n) is 1.61. The molecule has 0 saturated carbocycles. The lowest BCUT2D eigenvalue weighted by Crippen LogP contribution is -2.40. The lowest BCUT2D eigenvalue weighted by Gasteiger charge is -2.12. The van der Waals surface area contributed by atoms with Crippen LogP contribution in [0.1, 0.15) is 18.9 Å². The van der Waals surface area contributed by atoms with Crippen molar-refractivity contribution in [3.05, 3.63) is 29.8 Å². The standard InChI is InChI=1S/C14H22N2O2S/c1-3-18-12-6-4-5-11(9-12)10-16-14(17)13(15)7-8-19-2/h4-6,9,13H,3,7-8,10,15H2,1-2H3,(H,16,17)/t13-/m1/s1. The highest BCUT2D eigenvalue weighted by Crippen LogP contribution is 2.13. The van der Waals surface area contributed by atoms with Crippen molar-refractivity contribution in [2.75, 3.05) is 18.6 Å². The molecule has 5 heteroatoms. The number of thioether (sulfide) groups is 1. The fraction of sp³-hybridized carbons (Fsp3) is 0.500. The van der Waals surface area contributed by atoms with Gasteiger partial charge in [-0.25, -0.2) is 0 Å². The van der Waals surface area contributed by atoms with Gasteiger partial charge < -0.3 is 15.8 Å². The Labute approximate surface area is 119 Å². The minimum absolute atomic E-state index is 0.101. The number of nitrogens with one attached hydrogen (secondary N) is 1. The predicted molar refractivity (Wildman–Crippen MR) is 80.4 cm³/mol. The maximum absolute atomic E-state index is 11.8. The Balaban J connectivity index is 2.43. The predicted octanol–water partition coefficient (Wildman–Crippen LogP) is 1.78. The SMILES string of the molecule is CCOc1cccc(CNC(=O)[C@H](N)CCSC)c1. The largest absolute Gasteiger partial charge is 0.494 e. The molecule has 0 aliphatic rings. The molecule has 1 amide bonds. The molecule has 0 aliphatic heterocycles. The van der Waals surface area contributed by atoms with Crippen molar-refractivity contribution in [3.8, 4) is 5.75 Å². The van der Waals surface area contributed by atoms with Gasteiger partial charge in [0.1, 0.15) is 5.75 Å². The van der Waals surface area contributed by atoms with Crippen molar-refractivity contribution >= 4 is 17.7 Å². The van der Waals surface area contributed by atoms with Crippen LogP contribution >= 0.6 is 11.8 Å². The zero-order valence-corrected chi connectivity index (χ0v) is 12.3. The Bertz CT molecular complexity index is 399. The minimum atomic E-state index is -0.428. The van der Waals surface area contributed by atoms with Crippen LogP contribution in [0.2, 0.25) is 0 Å². The van der Waals surface area contributed by atoms with Gasteiger partial charge >= 0.3 is 0 Å². The first-order chi connectivity index (χ1) is 9.17. The Hall–Kier alpha value is -1.20. The molecule has 0 spiro atoms. The average Bonchev–Trinajstić information content (AvgIpc) is 2.43. The van der Waals surface area contributed by atoms with E-state index in [2.05, 4.69) is 5.32 Å². The molecule has 3 N–H and O–H groups in total. The van der Waals surface area contributed by atoms with Gasteiger partial charge in [-0.1, -0.05) is 12.1 Å². The van der Waals surface area contributed by atoms with Crippen molar-refractivity contribution < 1.29 is 9.53 Å². The lowest BCUT2D eigenvalue weighted by molar-refractivity contribution is -0.122. The molecule has 0 unspecified atom stereocenters. The first-order valence-electron chi connectivity index (χ1n) is 6.41. The highest BCUT2D eigenvalue weighted by atomic mass is 32.2. The normalized spacial score (nSPS) is 11.9. The van der Waals surface area contributed by atoms with Gasteiger partial charge in [0.05, 0.1) is 12.6 Å². The van der Waals surface area contributed by atoms with Crippen LogP contribution in [0.4, 0.5) is 0 Å². The number of nitrogens with two attached hydrogens (primary N) is 1. The van der Waals surface area contributed by atoms with E-state index < -0.39 is 6.04 Å². The van der Waals surface area contributed by atoms with Crippen molar-refractivity contribution in [3.63, 3.8) is 0 Å². The van der Waals surface area contributed by atoms with Crippen LogP contribution < -0.4 is 15.8 Å². The third kappa shape index (κ3) is 5.98. The second-order valence-electron chi connectivity index (χ2n) is 4.19. The first kappa shape index (κ1) is 15.9. The lowest BCUT2D eigenvalue weighted by atomic mass is 10.2. The van der Waals surface area contributed by atoms with Crippen LogP contribution in [0.25, 0.3) is 0 Å². The maximum Gasteiger partial charge on any atom is 0.237 e. The molecule has 1 rings (SSSR count). The first-order valence-corrected chi connectivity index (χ1v) is 7.80. The summed E-state index contributed by atoms with van der Waals surface area (Å²) in [6, 6.07) is 7.27. The van der Waals surface area contributed by atoms with Gasteiger partial charge in [0.2, 0.25) is 5.91 Å². The monoisotopic (exact) mass is 282 g/mol. The molecule has 1 aromatic rings. The van der Waals surface area contributed by atoms with Crippen LogP contribution in [0.15, 0.2) is 24.3 Å². The van der Waals surface area contributed by atoms with Gasteiger partial charge in [-0.2, -0.15) is 11.8 Å². The number of hydrogen-bond acceptors (Lipinski definition) is 4. The van der Waals surface area contributed by atoms with E-state index >= 15 is 0 Å². The Morgan fingerprint density at radius 2 is 2.32 bits per heavy atom. The molecule has 0 aromatic heterocycles. The minimum Gasteiger partial charge on any atom is -0.494 e. The van der Waals surface area contributed by atoms with Gasteiger partial charge in [0.15, 0.2) is 0 Å². The molecule has 0 saturated heterocycles. The number of carbonyl (C=O) groups is 1. The molecule has 0 fully saturated rings. The quantitative estimate of drug-likeness (QED) is 0.763. The number of rotatable bonds is 8. The molecule has 19 heavy (non-hydrogen) atoms. The summed E-state index contributed by atoms with van der Waals surface area (Å²) < 4.78 is 5.41. The maximum atomic E-state index is 11.8. The van der Waals surface area contributed by atoms with Crippen LogP contribution in [0.5, 0.6) is 5.75 Å². The van der Waals surface area contributed by atoms with Gasteiger partial charge in [0.25, 0.3) is 0 Å². The molecule has 0 aliphatic carbocycles. The number of amides is 1. The number of benzene rings is 1. The van der Waals surface area contributed by atoms with Gasteiger partial charge in [0, 0.05) is 6.54 Å². The molecule has 106 valence electrons. The van der Waals surface area contributed by atoms with Gasteiger partial charge in [-0.3, -0.25) is 4.79 Å². The highest BCUT2D eigenvalue weighted by molar-refractivity contribution is 7.98. The summed E-state index contributed by atoms with van der Waals surface area (Å²) in [6.45, 7) is 3.06. The second-order valence-corrected chi connectivity index (χ2v) is 5.17. The third-order valence-electron chi connectivity index (χ3n) is 2.65. The van der Waals surface area contributed by atoms with E-state index in [0.717, 1.165) is 17.1 Å². The van der Waals surface area contributed by atoms with E-state index in [0.29, 0.717) is 19.6 Å². The van der Waals surface area contributed by atoms with Crippen molar-refractivity contribution in [1.82, 2.24) is 5.32 Å². The molecule has 0 bridgehead atoms. The zero-order valence-electron chi connectivity index (χ0n) is 11.5. The summed E-state index contributed by atoms with van der Waals surface area (Å²) in [5, 5.41) is 2.85. The van der Waals surface area contributed by atoms with Crippen LogP contribution in [-0.2, 0) is 11.3 Å². The summed E-state index contributed by atoms with van der Waals surface area (Å²) in [6.07, 6.45) is 2.70.